The Hall–Kier alpha value is -1.75. The van der Waals surface area contributed by atoms with Gasteiger partial charge in [0, 0.05) is 18.2 Å². The normalized spacial score (nSPS) is 10.3. The Morgan fingerprint density at radius 2 is 2.12 bits per heavy atom. The number of rotatable bonds is 3. The van der Waals surface area contributed by atoms with Crippen molar-refractivity contribution in [1.82, 2.24) is 9.97 Å². The number of halogens is 3. The van der Waals surface area contributed by atoms with E-state index in [1.54, 1.807) is 0 Å². The van der Waals surface area contributed by atoms with Crippen molar-refractivity contribution >= 4 is 17.4 Å². The summed E-state index contributed by atoms with van der Waals surface area (Å²) in [5.74, 6) is -0.806. The minimum atomic E-state index is -0.609. The van der Waals surface area contributed by atoms with Crippen molar-refractivity contribution in [2.45, 2.75) is 6.54 Å². The maximum atomic E-state index is 13.3. The Bertz CT molecular complexity index is 534. The van der Waals surface area contributed by atoms with E-state index in [1.165, 1.54) is 24.7 Å². The molecular weight excluding hydrogens is 248 g/mol. The molecule has 6 heteroatoms. The number of aromatic nitrogens is 2. The van der Waals surface area contributed by atoms with Crippen LogP contribution in [0, 0.1) is 11.6 Å². The maximum absolute atomic E-state index is 13.3. The van der Waals surface area contributed by atoms with Gasteiger partial charge < -0.3 is 5.32 Å². The molecule has 0 aliphatic rings. The quantitative estimate of drug-likeness (QED) is 0.916. The van der Waals surface area contributed by atoms with Gasteiger partial charge in [-0.1, -0.05) is 17.7 Å². The fraction of sp³-hybridized carbons (Fsp3) is 0.0909. The Morgan fingerprint density at radius 3 is 2.82 bits per heavy atom. The van der Waals surface area contributed by atoms with Crippen LogP contribution >= 0.6 is 11.6 Å². The van der Waals surface area contributed by atoms with Gasteiger partial charge in [0.2, 0.25) is 0 Å². The van der Waals surface area contributed by atoms with Gasteiger partial charge in [0.05, 0.1) is 6.20 Å². The highest BCUT2D eigenvalue weighted by Gasteiger charge is 2.05. The first-order valence-corrected chi connectivity index (χ1v) is 5.18. The summed E-state index contributed by atoms with van der Waals surface area (Å²) in [4.78, 5) is 7.61. The first-order valence-electron chi connectivity index (χ1n) is 4.80. The van der Waals surface area contributed by atoms with Crippen LogP contribution in [-0.2, 0) is 6.54 Å². The van der Waals surface area contributed by atoms with Gasteiger partial charge >= 0.3 is 0 Å². The van der Waals surface area contributed by atoms with Crippen molar-refractivity contribution in [3.8, 4) is 0 Å². The second kappa shape index (κ2) is 5.05. The lowest BCUT2D eigenvalue weighted by molar-refractivity contribution is 0.574. The van der Waals surface area contributed by atoms with Crippen LogP contribution in [0.1, 0.15) is 5.56 Å². The molecule has 1 heterocycles. The third kappa shape index (κ3) is 2.88. The first-order chi connectivity index (χ1) is 8.16. The van der Waals surface area contributed by atoms with Crippen LogP contribution in [0.2, 0.25) is 5.02 Å². The molecule has 0 aliphatic heterocycles. The Morgan fingerprint density at radius 1 is 1.29 bits per heavy atom. The Kier molecular flexibility index (Phi) is 3.49. The topological polar surface area (TPSA) is 37.8 Å². The third-order valence-corrected chi connectivity index (χ3v) is 2.41. The molecule has 0 aliphatic carbocycles. The lowest BCUT2D eigenvalue weighted by atomic mass is 10.2. The molecule has 17 heavy (non-hydrogen) atoms. The van der Waals surface area contributed by atoms with E-state index in [2.05, 4.69) is 15.3 Å². The molecule has 0 fully saturated rings. The van der Waals surface area contributed by atoms with Gasteiger partial charge in [-0.2, -0.15) is 0 Å². The van der Waals surface area contributed by atoms with Crippen molar-refractivity contribution in [3.63, 3.8) is 0 Å². The molecule has 2 rings (SSSR count). The predicted molar refractivity (Wildman–Crippen MR) is 60.7 cm³/mol. The molecule has 88 valence electrons. The molecular formula is C11H8ClF2N3. The second-order valence-electron chi connectivity index (χ2n) is 3.31. The van der Waals surface area contributed by atoms with Crippen LogP contribution in [0.4, 0.5) is 14.6 Å². The molecule has 0 spiro atoms. The van der Waals surface area contributed by atoms with Gasteiger partial charge in [0.25, 0.3) is 0 Å². The molecule has 3 nitrogen and oxygen atoms in total. The monoisotopic (exact) mass is 255 g/mol. The summed E-state index contributed by atoms with van der Waals surface area (Å²) in [5.41, 5.74) is 0.334. The summed E-state index contributed by atoms with van der Waals surface area (Å²) in [6, 6.07) is 3.40. The van der Waals surface area contributed by atoms with Gasteiger partial charge in [-0.3, -0.25) is 0 Å². The van der Waals surface area contributed by atoms with Crippen LogP contribution in [-0.4, -0.2) is 9.97 Å². The van der Waals surface area contributed by atoms with E-state index in [9.17, 15) is 8.78 Å². The average molecular weight is 256 g/mol. The minimum Gasteiger partial charge on any atom is -0.365 e. The largest absolute Gasteiger partial charge is 0.365 e. The molecule has 0 bridgehead atoms. The lowest BCUT2D eigenvalue weighted by Crippen LogP contribution is -2.04. The van der Waals surface area contributed by atoms with Crippen LogP contribution < -0.4 is 5.32 Å². The molecule has 1 aromatic carbocycles. The van der Waals surface area contributed by atoms with Gasteiger partial charge in [-0.05, 0) is 6.07 Å². The van der Waals surface area contributed by atoms with E-state index in [4.69, 9.17) is 11.6 Å². The van der Waals surface area contributed by atoms with Crippen molar-refractivity contribution in [2.75, 3.05) is 5.32 Å². The van der Waals surface area contributed by atoms with E-state index in [1.807, 2.05) is 0 Å². The average Bonchev–Trinajstić information content (AvgIpc) is 2.30. The summed E-state index contributed by atoms with van der Waals surface area (Å²) in [7, 11) is 0. The molecule has 1 aromatic heterocycles. The molecule has 0 amide bonds. The van der Waals surface area contributed by atoms with Gasteiger partial charge in [0.1, 0.15) is 28.8 Å². The number of hydrogen-bond acceptors (Lipinski definition) is 3. The Labute approximate surface area is 101 Å². The van der Waals surface area contributed by atoms with Gasteiger partial charge in [-0.25, -0.2) is 18.7 Å². The van der Waals surface area contributed by atoms with E-state index < -0.39 is 11.6 Å². The zero-order chi connectivity index (χ0) is 12.3. The summed E-state index contributed by atoms with van der Waals surface area (Å²) >= 11 is 5.81. The second-order valence-corrected chi connectivity index (χ2v) is 3.72. The zero-order valence-electron chi connectivity index (χ0n) is 8.62. The van der Waals surface area contributed by atoms with E-state index >= 15 is 0 Å². The zero-order valence-corrected chi connectivity index (χ0v) is 9.38. The van der Waals surface area contributed by atoms with Gasteiger partial charge in [0.15, 0.2) is 0 Å². The van der Waals surface area contributed by atoms with Crippen LogP contribution in [0.25, 0.3) is 0 Å². The standard InChI is InChI=1S/C11H8ClF2N3/c12-9-5-15-6-17-11(9)16-4-7-1-2-8(13)3-10(7)14/h1-3,5-6H,4H2,(H,15,16,17). The molecule has 0 atom stereocenters. The van der Waals surface area contributed by atoms with E-state index in [-0.39, 0.29) is 6.54 Å². The maximum Gasteiger partial charge on any atom is 0.148 e. The molecule has 0 saturated carbocycles. The number of nitrogens with one attached hydrogen (secondary N) is 1. The van der Waals surface area contributed by atoms with E-state index in [0.717, 1.165) is 6.07 Å². The van der Waals surface area contributed by atoms with Crippen molar-refractivity contribution in [2.24, 2.45) is 0 Å². The van der Waals surface area contributed by atoms with Crippen molar-refractivity contribution in [3.05, 3.63) is 52.9 Å². The molecule has 0 unspecified atom stereocenters. The Balaban J connectivity index is 2.10. The van der Waals surface area contributed by atoms with Gasteiger partial charge in [-0.15, -0.1) is 0 Å². The number of benzene rings is 1. The molecule has 0 radical (unpaired) electrons. The predicted octanol–water partition coefficient (Wildman–Crippen LogP) is 3.02. The van der Waals surface area contributed by atoms with E-state index in [0.29, 0.717) is 16.4 Å². The molecule has 1 N–H and O–H groups in total. The van der Waals surface area contributed by atoms with Crippen molar-refractivity contribution in [1.29, 1.82) is 0 Å². The van der Waals surface area contributed by atoms with Crippen LogP contribution in [0.15, 0.2) is 30.7 Å². The minimum absolute atomic E-state index is 0.169. The first kappa shape index (κ1) is 11.7. The fourth-order valence-corrected chi connectivity index (χ4v) is 1.46. The summed E-state index contributed by atoms with van der Waals surface area (Å²) in [6.07, 6.45) is 2.76. The highest BCUT2D eigenvalue weighted by molar-refractivity contribution is 6.32. The highest BCUT2D eigenvalue weighted by atomic mass is 35.5. The lowest BCUT2D eigenvalue weighted by Gasteiger charge is -2.07. The SMILES string of the molecule is Fc1ccc(CNc2ncncc2Cl)c(F)c1. The summed E-state index contributed by atoms with van der Waals surface area (Å²) < 4.78 is 26.0. The molecule has 0 saturated heterocycles. The number of hydrogen-bond donors (Lipinski definition) is 1. The molecule has 2 aromatic rings. The van der Waals surface area contributed by atoms with Crippen molar-refractivity contribution < 1.29 is 8.78 Å². The number of nitrogens with zero attached hydrogens (tertiary/aromatic N) is 2. The summed E-state index contributed by atoms with van der Waals surface area (Å²) in [6.45, 7) is 0.169. The smallest absolute Gasteiger partial charge is 0.148 e. The third-order valence-electron chi connectivity index (χ3n) is 2.13. The van der Waals surface area contributed by atoms with Crippen LogP contribution in [0.3, 0.4) is 0 Å². The highest BCUT2D eigenvalue weighted by Crippen LogP contribution is 2.18. The fourth-order valence-electron chi connectivity index (χ4n) is 1.29. The van der Waals surface area contributed by atoms with Crippen LogP contribution in [0.5, 0.6) is 0 Å². The number of anilines is 1. The summed E-state index contributed by atoms with van der Waals surface area (Å²) in [5, 5.41) is 3.19.